The molecule has 0 spiro atoms. The lowest BCUT2D eigenvalue weighted by Gasteiger charge is -2.17. The first-order chi connectivity index (χ1) is 8.65. The van der Waals surface area contributed by atoms with Crippen LogP contribution in [0.15, 0.2) is 12.1 Å². The number of nitrogens with zero attached hydrogens (tertiary/aromatic N) is 1. The van der Waals surface area contributed by atoms with Crippen molar-refractivity contribution >= 4 is 19.6 Å². The Kier molecular flexibility index (Phi) is 4.07. The van der Waals surface area contributed by atoms with E-state index in [2.05, 4.69) is 18.0 Å². The summed E-state index contributed by atoms with van der Waals surface area (Å²) in [6.07, 6.45) is 4.44. The zero-order valence-corrected chi connectivity index (χ0v) is 11.4. The molecule has 96 valence electrons. The Morgan fingerprint density at radius 2 is 2.22 bits per heavy atom. The van der Waals surface area contributed by atoms with Crippen LogP contribution in [0.25, 0.3) is 0 Å². The molecule has 0 aromatic heterocycles. The molecular weight excluding hydrogens is 225 g/mol. The van der Waals surface area contributed by atoms with Gasteiger partial charge in [0.2, 0.25) is 0 Å². The predicted molar refractivity (Wildman–Crippen MR) is 75.9 cm³/mol. The van der Waals surface area contributed by atoms with Gasteiger partial charge in [0.1, 0.15) is 13.6 Å². The highest BCUT2D eigenvalue weighted by molar-refractivity contribution is 6.32. The summed E-state index contributed by atoms with van der Waals surface area (Å²) < 4.78 is 5.28. The average Bonchev–Trinajstić information content (AvgIpc) is 3.19. The number of benzene rings is 1. The molecule has 1 aromatic carbocycles. The third-order valence-electron chi connectivity index (χ3n) is 3.61. The molecule has 0 saturated heterocycles. The van der Waals surface area contributed by atoms with E-state index in [-0.39, 0.29) is 0 Å². The standard InChI is InChI=1S/C14H20BNO2/c1-16(12-3-4-12)6-5-10-7-11(15)8-14(18-2)13(10)9-17/h7-9,12H,3-6,15H2,1-2H3. The number of methoxy groups -OCH3 is 1. The van der Waals surface area contributed by atoms with Crippen LogP contribution in [0, 0.1) is 0 Å². The topological polar surface area (TPSA) is 29.5 Å². The molecule has 0 heterocycles. The summed E-state index contributed by atoms with van der Waals surface area (Å²) in [7, 11) is 5.80. The van der Waals surface area contributed by atoms with Crippen LogP contribution in [-0.4, -0.2) is 45.8 Å². The van der Waals surface area contributed by atoms with Crippen LogP contribution in [0.3, 0.4) is 0 Å². The Bertz CT molecular complexity index is 444. The molecule has 2 rings (SSSR count). The minimum absolute atomic E-state index is 0.689. The average molecular weight is 245 g/mol. The number of carbonyl (C=O) groups is 1. The second kappa shape index (κ2) is 5.57. The molecule has 1 saturated carbocycles. The summed E-state index contributed by atoms with van der Waals surface area (Å²) in [6.45, 7) is 0.998. The van der Waals surface area contributed by atoms with Crippen LogP contribution < -0.4 is 10.2 Å². The normalized spacial score (nSPS) is 14.8. The van der Waals surface area contributed by atoms with Crippen molar-refractivity contribution in [3.63, 3.8) is 0 Å². The monoisotopic (exact) mass is 245 g/mol. The van der Waals surface area contributed by atoms with E-state index in [1.54, 1.807) is 7.11 Å². The highest BCUT2D eigenvalue weighted by Gasteiger charge is 2.25. The van der Waals surface area contributed by atoms with Gasteiger partial charge in [-0.25, -0.2) is 0 Å². The van der Waals surface area contributed by atoms with E-state index in [0.717, 1.165) is 36.3 Å². The van der Waals surface area contributed by atoms with Gasteiger partial charge in [-0.05, 0) is 37.9 Å². The quantitative estimate of drug-likeness (QED) is 0.536. The third kappa shape index (κ3) is 2.93. The maximum absolute atomic E-state index is 11.2. The van der Waals surface area contributed by atoms with Crippen molar-refractivity contribution in [1.29, 1.82) is 0 Å². The zero-order chi connectivity index (χ0) is 13.1. The van der Waals surface area contributed by atoms with Gasteiger partial charge >= 0.3 is 0 Å². The molecule has 0 N–H and O–H groups in total. The molecule has 0 atom stereocenters. The van der Waals surface area contributed by atoms with E-state index in [1.807, 2.05) is 13.9 Å². The first-order valence-corrected chi connectivity index (χ1v) is 6.48. The summed E-state index contributed by atoms with van der Waals surface area (Å²) in [5, 5.41) is 0. The molecule has 4 heteroatoms. The minimum Gasteiger partial charge on any atom is -0.496 e. The number of hydrogen-bond acceptors (Lipinski definition) is 3. The molecule has 0 aliphatic heterocycles. The van der Waals surface area contributed by atoms with Crippen molar-refractivity contribution in [3.05, 3.63) is 23.3 Å². The minimum atomic E-state index is 0.689. The fourth-order valence-electron chi connectivity index (χ4n) is 2.34. The van der Waals surface area contributed by atoms with E-state index < -0.39 is 0 Å². The van der Waals surface area contributed by atoms with Gasteiger partial charge < -0.3 is 9.64 Å². The molecular formula is C14H20BNO2. The molecule has 0 radical (unpaired) electrons. The molecule has 0 amide bonds. The molecule has 0 bridgehead atoms. The van der Waals surface area contributed by atoms with Crippen LogP contribution in [-0.2, 0) is 6.42 Å². The first-order valence-electron chi connectivity index (χ1n) is 6.48. The van der Waals surface area contributed by atoms with Crippen molar-refractivity contribution in [3.8, 4) is 5.75 Å². The number of aldehydes is 1. The van der Waals surface area contributed by atoms with Crippen molar-refractivity contribution in [2.75, 3.05) is 20.7 Å². The van der Waals surface area contributed by atoms with Crippen molar-refractivity contribution in [2.45, 2.75) is 25.3 Å². The molecule has 1 aliphatic rings. The Hall–Kier alpha value is -1.29. The maximum atomic E-state index is 11.2. The molecule has 18 heavy (non-hydrogen) atoms. The Morgan fingerprint density at radius 3 is 2.78 bits per heavy atom. The van der Waals surface area contributed by atoms with Crippen molar-refractivity contribution < 1.29 is 9.53 Å². The summed E-state index contributed by atoms with van der Waals surface area (Å²) in [5.41, 5.74) is 2.93. The summed E-state index contributed by atoms with van der Waals surface area (Å²) in [6, 6.07) is 4.77. The second-order valence-electron chi connectivity index (χ2n) is 5.12. The lowest BCUT2D eigenvalue weighted by Crippen LogP contribution is -2.24. The van der Waals surface area contributed by atoms with Crippen LogP contribution in [0.5, 0.6) is 5.75 Å². The lowest BCUT2D eigenvalue weighted by molar-refractivity contribution is 0.111. The van der Waals surface area contributed by atoms with Gasteiger partial charge in [-0.1, -0.05) is 11.5 Å². The van der Waals surface area contributed by atoms with Crippen LogP contribution in [0.2, 0.25) is 0 Å². The summed E-state index contributed by atoms with van der Waals surface area (Å²) >= 11 is 0. The number of hydrogen-bond donors (Lipinski definition) is 0. The predicted octanol–water partition coefficient (Wildman–Crippen LogP) is 0.403. The van der Waals surface area contributed by atoms with Gasteiger partial charge in [-0.3, -0.25) is 4.79 Å². The third-order valence-corrected chi connectivity index (χ3v) is 3.61. The van der Waals surface area contributed by atoms with Gasteiger partial charge in [0.15, 0.2) is 6.29 Å². The van der Waals surface area contributed by atoms with E-state index in [0.29, 0.717) is 11.3 Å². The van der Waals surface area contributed by atoms with E-state index >= 15 is 0 Å². The number of likely N-dealkylation sites (N-methyl/N-ethyl adjacent to an activating group) is 1. The second-order valence-corrected chi connectivity index (χ2v) is 5.12. The number of ether oxygens (including phenoxy) is 1. The lowest BCUT2D eigenvalue weighted by atomic mass is 9.90. The van der Waals surface area contributed by atoms with Crippen LogP contribution >= 0.6 is 0 Å². The van der Waals surface area contributed by atoms with Crippen LogP contribution in [0.1, 0.15) is 28.8 Å². The molecule has 3 nitrogen and oxygen atoms in total. The van der Waals surface area contributed by atoms with E-state index in [4.69, 9.17) is 4.74 Å². The molecule has 1 aliphatic carbocycles. The van der Waals surface area contributed by atoms with Crippen molar-refractivity contribution in [2.24, 2.45) is 0 Å². The molecule has 1 fully saturated rings. The highest BCUT2D eigenvalue weighted by atomic mass is 16.5. The Labute approximate surface area is 110 Å². The fraction of sp³-hybridized carbons (Fsp3) is 0.500. The van der Waals surface area contributed by atoms with E-state index in [1.165, 1.54) is 12.8 Å². The largest absolute Gasteiger partial charge is 0.496 e. The van der Waals surface area contributed by atoms with Gasteiger partial charge in [0.25, 0.3) is 0 Å². The Balaban J connectivity index is 2.14. The van der Waals surface area contributed by atoms with E-state index in [9.17, 15) is 4.79 Å². The summed E-state index contributed by atoms with van der Waals surface area (Å²) in [4.78, 5) is 13.6. The van der Waals surface area contributed by atoms with Gasteiger partial charge in [-0.2, -0.15) is 0 Å². The van der Waals surface area contributed by atoms with Gasteiger partial charge in [0.05, 0.1) is 12.7 Å². The highest BCUT2D eigenvalue weighted by Crippen LogP contribution is 2.26. The number of rotatable bonds is 6. The Morgan fingerprint density at radius 1 is 1.50 bits per heavy atom. The fourth-order valence-corrected chi connectivity index (χ4v) is 2.34. The first kappa shape index (κ1) is 13.2. The maximum Gasteiger partial charge on any atom is 0.154 e. The van der Waals surface area contributed by atoms with Gasteiger partial charge in [-0.15, -0.1) is 0 Å². The summed E-state index contributed by atoms with van der Waals surface area (Å²) in [5.74, 6) is 0.689. The smallest absolute Gasteiger partial charge is 0.154 e. The molecule has 1 aromatic rings. The van der Waals surface area contributed by atoms with Crippen molar-refractivity contribution in [1.82, 2.24) is 4.90 Å². The SMILES string of the molecule is Bc1cc(CCN(C)C2CC2)c(C=O)c(OC)c1. The van der Waals surface area contributed by atoms with Crippen LogP contribution in [0.4, 0.5) is 0 Å². The number of carbonyl (C=O) groups excluding carboxylic acids is 1. The molecule has 0 unspecified atom stereocenters. The zero-order valence-electron chi connectivity index (χ0n) is 11.4. The van der Waals surface area contributed by atoms with Gasteiger partial charge in [0, 0.05) is 12.6 Å².